The number of nitrogens with one attached hydrogen (secondary N) is 1. The molecule has 2 saturated carbocycles. The number of methoxy groups -OCH3 is 2. The molecule has 7 atom stereocenters. The van der Waals surface area contributed by atoms with Crippen molar-refractivity contribution in [1.82, 2.24) is 20.2 Å². The maximum absolute atomic E-state index is 13.4. The van der Waals surface area contributed by atoms with Crippen LogP contribution in [0, 0.1) is 29.1 Å². The number of fused-ring (bicyclic) bond motifs is 1. The topological polar surface area (TPSA) is 114 Å². The van der Waals surface area contributed by atoms with Crippen molar-refractivity contribution in [2.24, 2.45) is 29.1 Å². The van der Waals surface area contributed by atoms with E-state index >= 15 is 0 Å². The van der Waals surface area contributed by atoms with Crippen molar-refractivity contribution in [1.29, 1.82) is 0 Å². The molecule has 0 bridgehead atoms. The molecule has 7 unspecified atom stereocenters. The highest BCUT2D eigenvalue weighted by Crippen LogP contribution is 2.55. The summed E-state index contributed by atoms with van der Waals surface area (Å²) in [5, 5.41) is 14.8. The number of nitrogens with zero attached hydrogens (tertiary/aromatic N) is 3. The number of aromatic nitrogens is 2. The molecule has 0 aliphatic heterocycles. The van der Waals surface area contributed by atoms with E-state index in [2.05, 4.69) is 29.1 Å². The molecule has 1 aromatic heterocycles. The van der Waals surface area contributed by atoms with Gasteiger partial charge in [-0.15, -0.1) is 0 Å². The van der Waals surface area contributed by atoms with Crippen LogP contribution in [-0.4, -0.2) is 84.5 Å². The number of carbonyl (C=O) groups excluding carboxylic acids is 2. The number of amides is 2. The zero-order valence-electron chi connectivity index (χ0n) is 21.8. The minimum atomic E-state index is -0.617. The monoisotopic (exact) mass is 490 g/mol. The van der Waals surface area contributed by atoms with Crippen LogP contribution in [0.15, 0.2) is 18.7 Å². The largest absolute Gasteiger partial charge is 0.392 e. The van der Waals surface area contributed by atoms with Gasteiger partial charge in [0.05, 0.1) is 24.9 Å². The zero-order chi connectivity index (χ0) is 25.6. The fraction of sp³-hybridized carbons (Fsp3) is 0.769. The van der Waals surface area contributed by atoms with Crippen molar-refractivity contribution in [3.05, 3.63) is 24.3 Å². The van der Waals surface area contributed by atoms with Crippen LogP contribution in [0.25, 0.3) is 0 Å². The van der Waals surface area contributed by atoms with E-state index in [1.165, 1.54) is 18.7 Å². The Morgan fingerprint density at radius 3 is 2.37 bits per heavy atom. The molecule has 2 N–H and O–H groups in total. The molecule has 0 radical (unpaired) electrons. The van der Waals surface area contributed by atoms with Crippen molar-refractivity contribution >= 4 is 11.8 Å². The minimum absolute atomic E-state index is 0.00558. The van der Waals surface area contributed by atoms with E-state index in [1.54, 1.807) is 19.1 Å². The molecule has 35 heavy (non-hydrogen) atoms. The van der Waals surface area contributed by atoms with Gasteiger partial charge in [0.2, 0.25) is 5.91 Å². The predicted molar refractivity (Wildman–Crippen MR) is 132 cm³/mol. The van der Waals surface area contributed by atoms with Crippen LogP contribution in [0.4, 0.5) is 0 Å². The van der Waals surface area contributed by atoms with Gasteiger partial charge in [0, 0.05) is 51.7 Å². The molecule has 2 fully saturated rings. The standard InChI is InChI=1S/C26H42N4O5/c1-17(25(33)30(10-12-34-4)11-13-35-5)20-6-8-26(3)9-7-21(18(2)22(26)23(20)31)29-24(32)19-14-27-16-28-15-19/h14-18,20-23,31H,6-13H2,1-5H3,(H,29,32). The molecule has 0 saturated heterocycles. The van der Waals surface area contributed by atoms with E-state index in [0.717, 1.165) is 25.7 Å². The lowest BCUT2D eigenvalue weighted by Gasteiger charge is -2.56. The van der Waals surface area contributed by atoms with E-state index in [1.807, 2.05) is 6.92 Å². The molecule has 9 nitrogen and oxygen atoms in total. The highest BCUT2D eigenvalue weighted by atomic mass is 16.5. The fourth-order valence-corrected chi connectivity index (χ4v) is 6.37. The van der Waals surface area contributed by atoms with Crippen LogP contribution in [0.3, 0.4) is 0 Å². The first-order chi connectivity index (χ1) is 16.7. The Bertz CT molecular complexity index is 832. The number of hydrogen-bond donors (Lipinski definition) is 2. The minimum Gasteiger partial charge on any atom is -0.392 e. The number of ether oxygens (including phenoxy) is 2. The summed E-state index contributed by atoms with van der Waals surface area (Å²) >= 11 is 0. The van der Waals surface area contributed by atoms with E-state index in [9.17, 15) is 14.7 Å². The molecule has 2 aliphatic carbocycles. The van der Waals surface area contributed by atoms with Gasteiger partial charge in [-0.1, -0.05) is 20.8 Å². The van der Waals surface area contributed by atoms with E-state index in [-0.39, 0.29) is 46.9 Å². The van der Waals surface area contributed by atoms with Crippen molar-refractivity contribution in [3.63, 3.8) is 0 Å². The Morgan fingerprint density at radius 2 is 1.77 bits per heavy atom. The first kappa shape index (κ1) is 27.5. The Morgan fingerprint density at radius 1 is 1.17 bits per heavy atom. The van der Waals surface area contributed by atoms with Gasteiger partial charge in [-0.2, -0.15) is 0 Å². The summed E-state index contributed by atoms with van der Waals surface area (Å²) in [4.78, 5) is 35.9. The SMILES string of the molecule is COCCN(CCOC)C(=O)C(C)C1CCC2(C)CCC(NC(=O)c3cncnc3)C(C)C2C1O. The highest BCUT2D eigenvalue weighted by molar-refractivity contribution is 5.93. The smallest absolute Gasteiger partial charge is 0.254 e. The quantitative estimate of drug-likeness (QED) is 0.517. The van der Waals surface area contributed by atoms with Crippen LogP contribution in [0.2, 0.25) is 0 Å². The average molecular weight is 491 g/mol. The number of rotatable bonds is 10. The van der Waals surface area contributed by atoms with Gasteiger partial charge in [0.15, 0.2) is 0 Å². The lowest BCUT2D eigenvalue weighted by Crippen LogP contribution is -2.58. The second kappa shape index (κ2) is 12.2. The summed E-state index contributed by atoms with van der Waals surface area (Å²) in [6, 6.07) is -0.0555. The first-order valence-electron chi connectivity index (χ1n) is 12.7. The molecule has 0 spiro atoms. The maximum Gasteiger partial charge on any atom is 0.254 e. The summed E-state index contributed by atoms with van der Waals surface area (Å²) in [6.45, 7) is 8.24. The normalized spacial score (nSPS) is 31.3. The number of aliphatic hydroxyl groups is 1. The molecule has 1 heterocycles. The van der Waals surface area contributed by atoms with E-state index < -0.39 is 6.10 Å². The maximum atomic E-state index is 13.4. The fourth-order valence-electron chi connectivity index (χ4n) is 6.37. The van der Waals surface area contributed by atoms with Gasteiger partial charge >= 0.3 is 0 Å². The van der Waals surface area contributed by atoms with Gasteiger partial charge < -0.3 is 24.8 Å². The summed E-state index contributed by atoms with van der Waals surface area (Å²) in [5.41, 5.74) is 0.419. The van der Waals surface area contributed by atoms with Gasteiger partial charge in [-0.25, -0.2) is 9.97 Å². The third kappa shape index (κ3) is 6.19. The van der Waals surface area contributed by atoms with Crippen molar-refractivity contribution in [2.45, 2.75) is 58.6 Å². The van der Waals surface area contributed by atoms with Crippen LogP contribution < -0.4 is 5.32 Å². The van der Waals surface area contributed by atoms with E-state index in [0.29, 0.717) is 31.9 Å². The summed E-state index contributed by atoms with van der Waals surface area (Å²) < 4.78 is 10.4. The van der Waals surface area contributed by atoms with Crippen molar-refractivity contribution < 1.29 is 24.2 Å². The Balaban J connectivity index is 1.72. The molecular formula is C26H42N4O5. The van der Waals surface area contributed by atoms with Crippen LogP contribution in [-0.2, 0) is 14.3 Å². The number of hydrogen-bond acceptors (Lipinski definition) is 7. The molecule has 3 rings (SSSR count). The van der Waals surface area contributed by atoms with Crippen molar-refractivity contribution in [3.8, 4) is 0 Å². The Hall–Kier alpha value is -2.10. The van der Waals surface area contributed by atoms with E-state index in [4.69, 9.17) is 9.47 Å². The second-order valence-electron chi connectivity index (χ2n) is 10.6. The Labute approximate surface area is 209 Å². The number of carbonyl (C=O) groups is 2. The average Bonchev–Trinajstić information content (AvgIpc) is 2.85. The van der Waals surface area contributed by atoms with Crippen LogP contribution in [0.5, 0.6) is 0 Å². The third-order valence-electron chi connectivity index (χ3n) is 8.50. The number of aliphatic hydroxyl groups excluding tert-OH is 1. The molecular weight excluding hydrogens is 448 g/mol. The molecule has 1 aromatic rings. The third-order valence-corrected chi connectivity index (χ3v) is 8.50. The van der Waals surface area contributed by atoms with Gasteiger partial charge in [0.1, 0.15) is 6.33 Å². The van der Waals surface area contributed by atoms with Crippen LogP contribution in [0.1, 0.15) is 56.8 Å². The molecule has 0 aromatic carbocycles. The van der Waals surface area contributed by atoms with Gasteiger partial charge in [-0.05, 0) is 48.9 Å². The van der Waals surface area contributed by atoms with Crippen LogP contribution >= 0.6 is 0 Å². The second-order valence-corrected chi connectivity index (χ2v) is 10.6. The highest BCUT2D eigenvalue weighted by Gasteiger charge is 2.54. The van der Waals surface area contributed by atoms with Gasteiger partial charge in [-0.3, -0.25) is 9.59 Å². The van der Waals surface area contributed by atoms with Gasteiger partial charge in [0.25, 0.3) is 5.91 Å². The summed E-state index contributed by atoms with van der Waals surface area (Å²) in [7, 11) is 3.25. The van der Waals surface area contributed by atoms with Crippen molar-refractivity contribution in [2.75, 3.05) is 40.5 Å². The Kier molecular flexibility index (Phi) is 9.61. The molecule has 196 valence electrons. The lowest BCUT2D eigenvalue weighted by atomic mass is 9.51. The lowest BCUT2D eigenvalue weighted by molar-refractivity contribution is -0.151. The molecule has 2 aliphatic rings. The molecule has 9 heteroatoms. The predicted octanol–water partition coefficient (Wildman–Crippen LogP) is 2.16. The zero-order valence-corrected chi connectivity index (χ0v) is 21.8. The first-order valence-corrected chi connectivity index (χ1v) is 12.7. The molecule has 2 amide bonds. The summed E-state index contributed by atoms with van der Waals surface area (Å²) in [6.07, 6.45) is 7.38. The summed E-state index contributed by atoms with van der Waals surface area (Å²) in [5.74, 6) is -0.540.